The molecule has 0 aromatic carbocycles. The van der Waals surface area contributed by atoms with Crippen molar-refractivity contribution in [2.24, 2.45) is 0 Å². The Kier molecular flexibility index (Phi) is 34.8. The third kappa shape index (κ3) is 28.0. The second-order valence-corrected chi connectivity index (χ2v) is 23.8. The Labute approximate surface area is 643 Å². The van der Waals surface area contributed by atoms with Gasteiger partial charge in [-0.3, -0.25) is 15.0 Å². The molecule has 0 bridgehead atoms. The SMILES string of the molecule is Cc1cc(-c2cccc(C(C)(C)C)n2)[c-]c(C(F)(F)F)n1.Cc1cc(-c2cccc(C)n2)[c-]c(C(F)(F)F)n1.Cc1ccc(-c2[c-]c(C(F)(F)F)nc(C)c2)nc1.Cc1ccc(-c2[c-]cc(C(F)(F)F)nc2C)nc1.Cc1nc(C(F)(F)F)c[c-]c1-c1cccc(C(C)(C)C)n1.[Ir].[Ir].[Ir].[Ir].[Ir]. The molecule has 0 saturated carbocycles. The van der Waals surface area contributed by atoms with E-state index in [2.05, 4.69) is 80.2 Å². The van der Waals surface area contributed by atoms with Crippen LogP contribution in [-0.2, 0) is 142 Å². The second kappa shape index (κ2) is 37.9. The maximum absolute atomic E-state index is 12.8. The Morgan fingerprint density at radius 1 is 0.297 bits per heavy atom. The number of halogens is 15. The van der Waals surface area contributed by atoms with Gasteiger partial charge in [0, 0.05) is 141 Å². The van der Waals surface area contributed by atoms with Gasteiger partial charge in [-0.1, -0.05) is 116 Å². The summed E-state index contributed by atoms with van der Waals surface area (Å²) in [6, 6.07) is 41.5. The molecule has 0 aliphatic carbocycles. The first-order valence-electron chi connectivity index (χ1n) is 28.9. The third-order valence-electron chi connectivity index (χ3n) is 13.2. The van der Waals surface area contributed by atoms with Crippen LogP contribution in [0.3, 0.4) is 0 Å². The van der Waals surface area contributed by atoms with Gasteiger partial charge in [-0.05, 0) is 128 Å². The van der Waals surface area contributed by atoms with E-state index >= 15 is 0 Å². The Balaban J connectivity index is 0.000000625. The number of hydrogen-bond acceptors (Lipinski definition) is 10. The van der Waals surface area contributed by atoms with Gasteiger partial charge in [0.05, 0.1) is 28.5 Å². The number of alkyl halides is 15. The van der Waals surface area contributed by atoms with Gasteiger partial charge in [0.25, 0.3) is 0 Å². The summed E-state index contributed by atoms with van der Waals surface area (Å²) in [5.41, 5.74) is 4.97. The van der Waals surface area contributed by atoms with E-state index < -0.39 is 59.4 Å². The molecule has 0 spiro atoms. The number of aromatic nitrogens is 10. The molecule has 551 valence electrons. The van der Waals surface area contributed by atoms with E-state index in [1.54, 1.807) is 80.0 Å². The first kappa shape index (κ1) is 92.7. The van der Waals surface area contributed by atoms with Crippen molar-refractivity contribution in [3.63, 3.8) is 0 Å². The van der Waals surface area contributed by atoms with Gasteiger partial charge in [-0.25, -0.2) is 0 Å². The molecule has 10 aromatic heterocycles. The molecule has 0 aliphatic heterocycles. The number of nitrogens with zero attached hydrogens (tertiary/aromatic N) is 10. The van der Waals surface area contributed by atoms with Crippen LogP contribution in [0.4, 0.5) is 65.9 Å². The van der Waals surface area contributed by atoms with Crippen LogP contribution in [-0.4, -0.2) is 49.8 Å². The zero-order valence-electron chi connectivity index (χ0n) is 55.9. The smallest absolute Gasteiger partial charge is 0.344 e. The summed E-state index contributed by atoms with van der Waals surface area (Å²) in [6.45, 7) is 25.2. The van der Waals surface area contributed by atoms with Crippen LogP contribution in [0.5, 0.6) is 0 Å². The molecule has 10 aromatic rings. The van der Waals surface area contributed by atoms with Crippen molar-refractivity contribution >= 4 is 0 Å². The van der Waals surface area contributed by atoms with Crippen LogP contribution in [0.15, 0.2) is 122 Å². The zero-order chi connectivity index (χ0) is 71.7. The monoisotopic (exact) mass is 2300 g/mol. The fraction of sp³-hybridized carbons (Fsp3) is 0.296. The molecule has 0 saturated heterocycles. The summed E-state index contributed by atoms with van der Waals surface area (Å²) < 4.78 is 189. The molecule has 101 heavy (non-hydrogen) atoms. The fourth-order valence-corrected chi connectivity index (χ4v) is 8.41. The molecule has 0 fully saturated rings. The number of aryl methyl sites for hydroxylation is 8. The van der Waals surface area contributed by atoms with Gasteiger partial charge < -0.3 is 34.9 Å². The quantitative estimate of drug-likeness (QED) is 0.121. The van der Waals surface area contributed by atoms with Crippen LogP contribution in [0, 0.1) is 85.7 Å². The number of rotatable bonds is 5. The van der Waals surface area contributed by atoms with Crippen molar-refractivity contribution in [1.29, 1.82) is 0 Å². The van der Waals surface area contributed by atoms with Crippen molar-refractivity contribution in [3.05, 3.63) is 237 Å². The minimum absolute atomic E-state index is 0. The first-order valence-corrected chi connectivity index (χ1v) is 28.9. The first-order chi connectivity index (χ1) is 44.3. The minimum atomic E-state index is -4.51. The van der Waals surface area contributed by atoms with Crippen LogP contribution in [0.1, 0.15) is 127 Å². The van der Waals surface area contributed by atoms with Crippen LogP contribution in [0.2, 0.25) is 0 Å². The molecular weight excluding hydrogens is 2240 g/mol. The average molecular weight is 2300 g/mol. The average Bonchev–Trinajstić information content (AvgIpc) is 0.835. The molecule has 0 amide bonds. The van der Waals surface area contributed by atoms with Crippen LogP contribution >= 0.6 is 0 Å². The summed E-state index contributed by atoms with van der Waals surface area (Å²) in [5, 5.41) is 0. The van der Waals surface area contributed by atoms with Gasteiger partial charge in [-0.15, -0.1) is 71.8 Å². The Morgan fingerprint density at radius 3 is 0.931 bits per heavy atom. The standard InChI is InChI=1S/2C16H16F3N2.3C13H10F3N2.5Ir/c1-10-8-11(9-14(20-10)16(17,18)19)12-6-5-7-13(21-12)15(2,3)4;1-10-11(8-9-14(20-10)16(17,18)19)12-6-5-7-13(21-12)15(2,3)4;1-8-3-5-11(17-7-8)10-4-6-12(13(14,15)16)18-9(10)2;1-8-3-4-11(17-7-8)10-5-9(2)18-12(6-10)13(14,15)16;1-8-4-3-5-11(17-8)10-6-9(2)18-12(7-10)13(14,15)16;;;;;/h5-8H,1-4H3;5-7,9H,1-4H3;3,5-7H,1-2H3;3-5,7H,1-2H3;3-6H,1-2H3;;;;;/q5*-1;;;;;. The summed E-state index contributed by atoms with van der Waals surface area (Å²) in [5.74, 6) is 0. The normalized spacial score (nSPS) is 11.4. The predicted molar refractivity (Wildman–Crippen MR) is 332 cm³/mol. The summed E-state index contributed by atoms with van der Waals surface area (Å²) >= 11 is 0. The summed E-state index contributed by atoms with van der Waals surface area (Å²) in [6.07, 6.45) is -19.1. The van der Waals surface area contributed by atoms with Crippen molar-refractivity contribution < 1.29 is 166 Å². The zero-order valence-corrected chi connectivity index (χ0v) is 67.8. The maximum atomic E-state index is 12.8. The van der Waals surface area contributed by atoms with Gasteiger partial charge >= 0.3 is 30.9 Å². The van der Waals surface area contributed by atoms with Crippen LogP contribution in [0.25, 0.3) is 56.3 Å². The van der Waals surface area contributed by atoms with Crippen molar-refractivity contribution in [2.75, 3.05) is 0 Å². The Hall–Kier alpha value is -6.30. The van der Waals surface area contributed by atoms with Crippen molar-refractivity contribution in [3.8, 4) is 56.3 Å². The van der Waals surface area contributed by atoms with E-state index in [1.165, 1.54) is 46.8 Å². The van der Waals surface area contributed by atoms with Gasteiger partial charge in [-0.2, -0.15) is 82.5 Å². The molecule has 0 atom stereocenters. The minimum Gasteiger partial charge on any atom is -0.344 e. The predicted octanol–water partition coefficient (Wildman–Crippen LogP) is 19.9. The summed E-state index contributed by atoms with van der Waals surface area (Å²) in [4.78, 5) is 38.9. The van der Waals surface area contributed by atoms with Crippen molar-refractivity contribution in [1.82, 2.24) is 49.8 Å². The Bertz CT molecular complexity index is 4310. The molecule has 30 heteroatoms. The molecule has 0 aliphatic rings. The van der Waals surface area contributed by atoms with E-state index in [4.69, 9.17) is 0 Å². The third-order valence-corrected chi connectivity index (χ3v) is 13.2. The fourth-order valence-electron chi connectivity index (χ4n) is 8.41. The summed E-state index contributed by atoms with van der Waals surface area (Å²) in [7, 11) is 0. The number of hydrogen-bond donors (Lipinski definition) is 0. The maximum Gasteiger partial charge on any atom is 0.421 e. The van der Waals surface area contributed by atoms with E-state index in [0.29, 0.717) is 73.4 Å². The molecule has 0 N–H and O–H groups in total. The molecule has 10 rings (SSSR count). The molecule has 10 nitrogen and oxygen atoms in total. The van der Waals surface area contributed by atoms with E-state index in [1.807, 2.05) is 79.7 Å². The van der Waals surface area contributed by atoms with Gasteiger partial charge in [0.2, 0.25) is 0 Å². The van der Waals surface area contributed by atoms with E-state index in [-0.39, 0.29) is 123 Å². The molecule has 10 heterocycles. The number of pyridine rings is 10. The van der Waals surface area contributed by atoms with E-state index in [9.17, 15) is 65.9 Å². The molecule has 5 radical (unpaired) electrons. The largest absolute Gasteiger partial charge is 0.421 e. The van der Waals surface area contributed by atoms with Crippen molar-refractivity contribution in [2.45, 2.75) is 139 Å². The van der Waals surface area contributed by atoms with Gasteiger partial charge in [0.15, 0.2) is 0 Å². The van der Waals surface area contributed by atoms with E-state index in [0.717, 1.165) is 40.3 Å². The van der Waals surface area contributed by atoms with Gasteiger partial charge in [0.1, 0.15) is 0 Å². The topological polar surface area (TPSA) is 129 Å². The Morgan fingerprint density at radius 2 is 0.614 bits per heavy atom. The van der Waals surface area contributed by atoms with Crippen LogP contribution < -0.4 is 0 Å². The molecular formula is C71H62F15Ir5N10-5. The second-order valence-electron chi connectivity index (χ2n) is 23.8. The molecule has 0 unspecified atom stereocenters.